The number of hydrogen-bond acceptors (Lipinski definition) is 2. The fourth-order valence-electron chi connectivity index (χ4n) is 2.89. The smallest absolute Gasteiger partial charge is 0.221 e. The minimum absolute atomic E-state index is 0.0756. The molecule has 0 saturated heterocycles. The average molecular weight is 308 g/mol. The fourth-order valence-corrected chi connectivity index (χ4v) is 2.89. The summed E-state index contributed by atoms with van der Waals surface area (Å²) in [4.78, 5) is 11.1. The summed E-state index contributed by atoms with van der Waals surface area (Å²) in [6, 6.07) is 15.4. The molecule has 4 nitrogen and oxygen atoms in total. The summed E-state index contributed by atoms with van der Waals surface area (Å²) in [6.07, 6.45) is 1.03. The van der Waals surface area contributed by atoms with E-state index in [0.717, 1.165) is 40.8 Å². The van der Waals surface area contributed by atoms with E-state index >= 15 is 0 Å². The standard InChI is InChI=1S/C19H20N2O2/c1-3-10-21-18-9-8-17(23)11-15(18)12-19(21)14-4-6-16(7-5-14)20-13(2)22/h4-9,11-12,23H,3,10H2,1-2H3,(H,20,22). The number of fused-ring (bicyclic) bond motifs is 1. The first-order chi connectivity index (χ1) is 11.1. The van der Waals surface area contributed by atoms with Crippen molar-refractivity contribution in [1.82, 2.24) is 4.57 Å². The van der Waals surface area contributed by atoms with Crippen molar-refractivity contribution in [3.05, 3.63) is 48.5 Å². The number of phenols is 1. The molecule has 3 aromatic rings. The molecule has 0 aliphatic heterocycles. The van der Waals surface area contributed by atoms with Crippen LogP contribution in [0.25, 0.3) is 22.2 Å². The number of benzene rings is 2. The Morgan fingerprint density at radius 2 is 1.87 bits per heavy atom. The van der Waals surface area contributed by atoms with Gasteiger partial charge in [0.2, 0.25) is 5.91 Å². The zero-order valence-electron chi connectivity index (χ0n) is 13.3. The van der Waals surface area contributed by atoms with E-state index < -0.39 is 0 Å². The largest absolute Gasteiger partial charge is 0.508 e. The number of hydrogen-bond donors (Lipinski definition) is 2. The molecule has 0 aliphatic rings. The molecule has 0 fully saturated rings. The maximum absolute atomic E-state index is 11.1. The van der Waals surface area contributed by atoms with Crippen molar-refractivity contribution < 1.29 is 9.90 Å². The Morgan fingerprint density at radius 1 is 1.13 bits per heavy atom. The summed E-state index contributed by atoms with van der Waals surface area (Å²) in [5, 5.41) is 13.5. The number of amides is 1. The Balaban J connectivity index is 2.07. The van der Waals surface area contributed by atoms with Crippen LogP contribution >= 0.6 is 0 Å². The minimum atomic E-state index is -0.0756. The predicted octanol–water partition coefficient (Wildman–Crippen LogP) is 4.38. The van der Waals surface area contributed by atoms with Gasteiger partial charge in [-0.25, -0.2) is 0 Å². The van der Waals surface area contributed by atoms with Crippen molar-refractivity contribution in [2.75, 3.05) is 5.32 Å². The molecule has 1 heterocycles. The van der Waals surface area contributed by atoms with E-state index in [0.29, 0.717) is 0 Å². The SMILES string of the molecule is CCCn1c(-c2ccc(NC(C)=O)cc2)cc2cc(O)ccc21. The van der Waals surface area contributed by atoms with Crippen LogP contribution in [0, 0.1) is 0 Å². The van der Waals surface area contributed by atoms with Gasteiger partial charge in [0.15, 0.2) is 0 Å². The number of carbonyl (C=O) groups is 1. The predicted molar refractivity (Wildman–Crippen MR) is 93.6 cm³/mol. The maximum Gasteiger partial charge on any atom is 0.221 e. The molecule has 0 atom stereocenters. The van der Waals surface area contributed by atoms with Crippen LogP contribution in [0.15, 0.2) is 48.5 Å². The highest BCUT2D eigenvalue weighted by Crippen LogP contribution is 2.31. The Hall–Kier alpha value is -2.75. The minimum Gasteiger partial charge on any atom is -0.508 e. The molecule has 0 saturated carbocycles. The summed E-state index contributed by atoms with van der Waals surface area (Å²) in [7, 11) is 0. The van der Waals surface area contributed by atoms with Crippen molar-refractivity contribution in [3.63, 3.8) is 0 Å². The molecule has 0 spiro atoms. The summed E-state index contributed by atoms with van der Waals surface area (Å²) >= 11 is 0. The van der Waals surface area contributed by atoms with Gasteiger partial charge in [0, 0.05) is 35.8 Å². The number of rotatable bonds is 4. The molecule has 23 heavy (non-hydrogen) atoms. The lowest BCUT2D eigenvalue weighted by Crippen LogP contribution is -2.05. The van der Waals surface area contributed by atoms with Crippen molar-refractivity contribution in [1.29, 1.82) is 0 Å². The van der Waals surface area contributed by atoms with Crippen LogP contribution in [0.2, 0.25) is 0 Å². The molecule has 3 rings (SSSR count). The summed E-state index contributed by atoms with van der Waals surface area (Å²) in [5.41, 5.74) is 4.10. The molecule has 4 heteroatoms. The van der Waals surface area contributed by atoms with Gasteiger partial charge >= 0.3 is 0 Å². The molecule has 0 unspecified atom stereocenters. The van der Waals surface area contributed by atoms with Crippen molar-refractivity contribution in [3.8, 4) is 17.0 Å². The first kappa shape index (κ1) is 15.2. The third kappa shape index (κ3) is 3.06. The van der Waals surface area contributed by atoms with E-state index in [-0.39, 0.29) is 11.7 Å². The fraction of sp³-hybridized carbons (Fsp3) is 0.211. The molecule has 0 aliphatic carbocycles. The highest BCUT2D eigenvalue weighted by molar-refractivity contribution is 5.90. The van der Waals surface area contributed by atoms with Crippen molar-refractivity contribution in [2.45, 2.75) is 26.8 Å². The zero-order chi connectivity index (χ0) is 16.4. The van der Waals surface area contributed by atoms with E-state index in [2.05, 4.69) is 22.9 Å². The Kier molecular flexibility index (Phi) is 4.06. The second kappa shape index (κ2) is 6.16. The first-order valence-electron chi connectivity index (χ1n) is 7.79. The van der Waals surface area contributed by atoms with Gasteiger partial charge in [0.25, 0.3) is 0 Å². The number of nitrogens with zero attached hydrogens (tertiary/aromatic N) is 1. The van der Waals surface area contributed by atoms with E-state index in [4.69, 9.17) is 0 Å². The highest BCUT2D eigenvalue weighted by Gasteiger charge is 2.11. The second-order valence-corrected chi connectivity index (χ2v) is 5.68. The first-order valence-corrected chi connectivity index (χ1v) is 7.79. The van der Waals surface area contributed by atoms with Gasteiger partial charge in [0.1, 0.15) is 5.75 Å². The molecule has 2 N–H and O–H groups in total. The van der Waals surface area contributed by atoms with Crippen LogP contribution in [0.3, 0.4) is 0 Å². The van der Waals surface area contributed by atoms with E-state index in [9.17, 15) is 9.90 Å². The summed E-state index contributed by atoms with van der Waals surface area (Å²) < 4.78 is 2.27. The summed E-state index contributed by atoms with van der Waals surface area (Å²) in [6.45, 7) is 4.56. The van der Waals surface area contributed by atoms with Crippen LogP contribution in [-0.2, 0) is 11.3 Å². The number of carbonyl (C=O) groups excluding carboxylic acids is 1. The van der Waals surface area contributed by atoms with Crippen LogP contribution in [0.1, 0.15) is 20.3 Å². The van der Waals surface area contributed by atoms with Gasteiger partial charge < -0.3 is 15.0 Å². The number of nitrogens with one attached hydrogen (secondary N) is 1. The second-order valence-electron chi connectivity index (χ2n) is 5.68. The lowest BCUT2D eigenvalue weighted by Gasteiger charge is -2.10. The monoisotopic (exact) mass is 308 g/mol. The Bertz CT molecular complexity index is 848. The Labute approximate surface area is 135 Å². The van der Waals surface area contributed by atoms with Crippen LogP contribution in [0.5, 0.6) is 5.75 Å². The quantitative estimate of drug-likeness (QED) is 0.751. The lowest BCUT2D eigenvalue weighted by molar-refractivity contribution is -0.114. The van der Waals surface area contributed by atoms with E-state index in [1.54, 1.807) is 12.1 Å². The molecule has 0 bridgehead atoms. The molecule has 2 aromatic carbocycles. The van der Waals surface area contributed by atoms with Gasteiger partial charge in [0.05, 0.1) is 0 Å². The van der Waals surface area contributed by atoms with Gasteiger partial charge in [-0.05, 0) is 48.4 Å². The van der Waals surface area contributed by atoms with Crippen LogP contribution in [0.4, 0.5) is 5.69 Å². The normalized spacial score (nSPS) is 10.9. The third-order valence-electron chi connectivity index (χ3n) is 3.83. The summed E-state index contributed by atoms with van der Waals surface area (Å²) in [5.74, 6) is 0.201. The van der Waals surface area contributed by atoms with Crippen molar-refractivity contribution in [2.24, 2.45) is 0 Å². The maximum atomic E-state index is 11.1. The van der Waals surface area contributed by atoms with Gasteiger partial charge in [-0.15, -0.1) is 0 Å². The molecular formula is C19H20N2O2. The van der Waals surface area contributed by atoms with E-state index in [1.807, 2.05) is 30.3 Å². The molecule has 1 amide bonds. The molecule has 118 valence electrons. The average Bonchev–Trinajstić information content (AvgIpc) is 2.86. The van der Waals surface area contributed by atoms with E-state index in [1.165, 1.54) is 6.92 Å². The van der Waals surface area contributed by atoms with Gasteiger partial charge in [-0.2, -0.15) is 0 Å². The topological polar surface area (TPSA) is 54.3 Å². The lowest BCUT2D eigenvalue weighted by atomic mass is 10.1. The zero-order valence-corrected chi connectivity index (χ0v) is 13.3. The molecule has 0 radical (unpaired) electrons. The third-order valence-corrected chi connectivity index (χ3v) is 3.83. The number of aryl methyl sites for hydroxylation is 1. The van der Waals surface area contributed by atoms with Crippen LogP contribution in [-0.4, -0.2) is 15.6 Å². The number of aromatic nitrogens is 1. The number of aromatic hydroxyl groups is 1. The van der Waals surface area contributed by atoms with Crippen LogP contribution < -0.4 is 5.32 Å². The number of anilines is 1. The van der Waals surface area contributed by atoms with Gasteiger partial charge in [-0.3, -0.25) is 4.79 Å². The molecular weight excluding hydrogens is 288 g/mol. The Morgan fingerprint density at radius 3 is 2.52 bits per heavy atom. The highest BCUT2D eigenvalue weighted by atomic mass is 16.3. The molecule has 1 aromatic heterocycles. The number of phenolic OH excluding ortho intramolecular Hbond substituents is 1. The van der Waals surface area contributed by atoms with Crippen molar-refractivity contribution >= 4 is 22.5 Å². The van der Waals surface area contributed by atoms with Gasteiger partial charge in [-0.1, -0.05) is 19.1 Å².